The molecule has 0 amide bonds. The molecule has 0 unspecified atom stereocenters. The monoisotopic (exact) mass is 293 g/mol. The topological polar surface area (TPSA) is 70.8 Å². The Balaban J connectivity index is 2.17. The van der Waals surface area contributed by atoms with E-state index in [9.17, 15) is 4.79 Å². The summed E-state index contributed by atoms with van der Waals surface area (Å²) >= 11 is 0. The Hall–Kier alpha value is -1.91. The Labute approximate surface area is 125 Å². The van der Waals surface area contributed by atoms with Crippen molar-refractivity contribution in [2.45, 2.75) is 44.6 Å². The van der Waals surface area contributed by atoms with E-state index < -0.39 is 5.97 Å². The van der Waals surface area contributed by atoms with Gasteiger partial charge in [-0.1, -0.05) is 12.8 Å². The highest BCUT2D eigenvalue weighted by Crippen LogP contribution is 2.32. The van der Waals surface area contributed by atoms with Gasteiger partial charge in [-0.15, -0.1) is 0 Å². The van der Waals surface area contributed by atoms with Crippen LogP contribution in [0.5, 0.6) is 11.5 Å². The first-order valence-corrected chi connectivity index (χ1v) is 7.38. The van der Waals surface area contributed by atoms with Crippen LogP contribution in [0.25, 0.3) is 0 Å². The molecule has 0 radical (unpaired) electrons. The molecule has 1 aromatic rings. The molecular formula is C16H23NO4. The number of hydrogen-bond donors (Lipinski definition) is 1. The zero-order valence-electron chi connectivity index (χ0n) is 12.7. The fourth-order valence-corrected chi connectivity index (χ4v) is 2.63. The van der Waals surface area contributed by atoms with Gasteiger partial charge in [-0.3, -0.25) is 0 Å². The molecule has 1 fully saturated rings. The molecule has 1 aliphatic carbocycles. The molecule has 5 heteroatoms. The number of nitrogens with two attached hydrogens (primary N) is 1. The number of anilines is 1. The smallest absolute Gasteiger partial charge is 0.340 e. The van der Waals surface area contributed by atoms with Crippen molar-refractivity contribution in [2.75, 3.05) is 20.0 Å². The number of methoxy groups -OCH3 is 2. The first-order chi connectivity index (χ1) is 10.2. The van der Waals surface area contributed by atoms with Crippen LogP contribution < -0.4 is 15.2 Å². The van der Waals surface area contributed by atoms with Gasteiger partial charge in [0, 0.05) is 6.07 Å². The highest BCUT2D eigenvalue weighted by Gasteiger charge is 2.22. The number of carbonyl (C=O) groups is 1. The van der Waals surface area contributed by atoms with Gasteiger partial charge >= 0.3 is 5.97 Å². The van der Waals surface area contributed by atoms with E-state index in [4.69, 9.17) is 19.9 Å². The summed E-state index contributed by atoms with van der Waals surface area (Å²) in [5.41, 5.74) is 6.56. The summed E-state index contributed by atoms with van der Waals surface area (Å²) in [6.45, 7) is 0. The molecule has 2 N–H and O–H groups in total. The lowest BCUT2D eigenvalue weighted by Gasteiger charge is -2.17. The highest BCUT2D eigenvalue weighted by molar-refractivity contribution is 5.97. The van der Waals surface area contributed by atoms with Gasteiger partial charge in [-0.05, 0) is 31.7 Å². The lowest BCUT2D eigenvalue weighted by atomic mass is 10.1. The Morgan fingerprint density at radius 1 is 1.10 bits per heavy atom. The molecule has 0 atom stereocenters. The van der Waals surface area contributed by atoms with Gasteiger partial charge in [0.1, 0.15) is 17.6 Å². The quantitative estimate of drug-likeness (QED) is 0.524. The normalized spacial score (nSPS) is 16.1. The molecule has 21 heavy (non-hydrogen) atoms. The van der Waals surface area contributed by atoms with E-state index in [2.05, 4.69) is 0 Å². The third kappa shape index (κ3) is 3.80. The molecule has 0 heterocycles. The second-order valence-corrected chi connectivity index (χ2v) is 5.31. The van der Waals surface area contributed by atoms with Crippen LogP contribution in [-0.2, 0) is 4.74 Å². The first-order valence-electron chi connectivity index (χ1n) is 7.38. The summed E-state index contributed by atoms with van der Waals surface area (Å²) in [6.07, 6.45) is 6.46. The number of hydrogen-bond acceptors (Lipinski definition) is 5. The number of nitrogen functional groups attached to an aromatic ring is 1. The second-order valence-electron chi connectivity index (χ2n) is 5.31. The maximum atomic E-state index is 12.4. The molecule has 0 spiro atoms. The van der Waals surface area contributed by atoms with Crippen molar-refractivity contribution < 1.29 is 19.0 Å². The van der Waals surface area contributed by atoms with Crippen LogP contribution in [0.3, 0.4) is 0 Å². The Bertz CT molecular complexity index is 493. The molecule has 1 aromatic carbocycles. The minimum absolute atomic E-state index is 0.0170. The Kier molecular flexibility index (Phi) is 5.31. The van der Waals surface area contributed by atoms with Crippen molar-refractivity contribution in [3.8, 4) is 11.5 Å². The predicted octanol–water partition coefficient (Wildman–Crippen LogP) is 3.17. The van der Waals surface area contributed by atoms with E-state index in [1.807, 2.05) is 0 Å². The summed E-state index contributed by atoms with van der Waals surface area (Å²) in [6, 6.07) is 3.24. The minimum Gasteiger partial charge on any atom is -0.497 e. The first kappa shape index (κ1) is 15.5. The summed E-state index contributed by atoms with van der Waals surface area (Å²) < 4.78 is 16.0. The minimum atomic E-state index is -0.406. The lowest BCUT2D eigenvalue weighted by Crippen LogP contribution is -2.19. The van der Waals surface area contributed by atoms with Crippen LogP contribution in [-0.4, -0.2) is 26.3 Å². The third-order valence-corrected chi connectivity index (χ3v) is 3.87. The molecule has 5 nitrogen and oxygen atoms in total. The van der Waals surface area contributed by atoms with Gasteiger partial charge in [-0.25, -0.2) is 4.79 Å². The fourth-order valence-electron chi connectivity index (χ4n) is 2.63. The van der Waals surface area contributed by atoms with Gasteiger partial charge in [-0.2, -0.15) is 0 Å². The standard InChI is InChI=1S/C16H23NO4/c1-19-12-9-13(15(17)14(10-12)20-2)16(18)21-11-7-5-3-4-6-8-11/h9-11H,3-8,17H2,1-2H3. The molecule has 1 aliphatic rings. The van der Waals surface area contributed by atoms with Gasteiger partial charge < -0.3 is 19.9 Å². The third-order valence-electron chi connectivity index (χ3n) is 3.87. The molecule has 1 saturated carbocycles. The predicted molar refractivity (Wildman–Crippen MR) is 80.9 cm³/mol. The summed E-state index contributed by atoms with van der Waals surface area (Å²) in [5, 5.41) is 0. The second kappa shape index (κ2) is 7.20. The summed E-state index contributed by atoms with van der Waals surface area (Å²) in [4.78, 5) is 12.4. The number of ether oxygens (including phenoxy) is 3. The summed E-state index contributed by atoms with van der Waals surface area (Å²) in [7, 11) is 3.04. The van der Waals surface area contributed by atoms with E-state index in [-0.39, 0.29) is 11.8 Å². The van der Waals surface area contributed by atoms with Gasteiger partial charge in [0.05, 0.1) is 25.5 Å². The Morgan fingerprint density at radius 2 is 1.76 bits per heavy atom. The largest absolute Gasteiger partial charge is 0.497 e. The SMILES string of the molecule is COc1cc(OC)c(N)c(C(=O)OC2CCCCCC2)c1. The van der Waals surface area contributed by atoms with E-state index in [0.717, 1.165) is 25.7 Å². The zero-order valence-corrected chi connectivity index (χ0v) is 12.7. The maximum absolute atomic E-state index is 12.4. The highest BCUT2D eigenvalue weighted by atomic mass is 16.5. The molecular weight excluding hydrogens is 270 g/mol. The van der Waals surface area contributed by atoms with Crippen molar-refractivity contribution in [3.63, 3.8) is 0 Å². The number of carbonyl (C=O) groups excluding carboxylic acids is 1. The van der Waals surface area contributed by atoms with Gasteiger partial charge in [0.25, 0.3) is 0 Å². The number of rotatable bonds is 4. The van der Waals surface area contributed by atoms with E-state index in [0.29, 0.717) is 17.1 Å². The fraction of sp³-hybridized carbons (Fsp3) is 0.562. The van der Waals surface area contributed by atoms with Crippen LogP contribution in [0.15, 0.2) is 12.1 Å². The lowest BCUT2D eigenvalue weighted by molar-refractivity contribution is 0.0268. The van der Waals surface area contributed by atoms with Crippen molar-refractivity contribution in [3.05, 3.63) is 17.7 Å². The average Bonchev–Trinajstić information content (AvgIpc) is 2.76. The van der Waals surface area contributed by atoms with E-state index in [1.165, 1.54) is 27.1 Å². The molecule has 0 saturated heterocycles. The van der Waals surface area contributed by atoms with Crippen molar-refractivity contribution >= 4 is 11.7 Å². The van der Waals surface area contributed by atoms with Crippen LogP contribution in [0.2, 0.25) is 0 Å². The van der Waals surface area contributed by atoms with Crippen molar-refractivity contribution in [1.29, 1.82) is 0 Å². The van der Waals surface area contributed by atoms with Crippen LogP contribution in [0, 0.1) is 0 Å². The molecule has 0 bridgehead atoms. The molecule has 2 rings (SSSR count). The molecule has 0 aliphatic heterocycles. The van der Waals surface area contributed by atoms with Crippen LogP contribution in [0.1, 0.15) is 48.9 Å². The van der Waals surface area contributed by atoms with Gasteiger partial charge in [0.2, 0.25) is 0 Å². The Morgan fingerprint density at radius 3 is 2.33 bits per heavy atom. The van der Waals surface area contributed by atoms with E-state index in [1.54, 1.807) is 12.1 Å². The molecule has 0 aromatic heterocycles. The van der Waals surface area contributed by atoms with Crippen LogP contribution in [0.4, 0.5) is 5.69 Å². The number of benzene rings is 1. The average molecular weight is 293 g/mol. The van der Waals surface area contributed by atoms with Crippen molar-refractivity contribution in [2.24, 2.45) is 0 Å². The van der Waals surface area contributed by atoms with Crippen molar-refractivity contribution in [1.82, 2.24) is 0 Å². The molecule has 116 valence electrons. The van der Waals surface area contributed by atoms with E-state index >= 15 is 0 Å². The van der Waals surface area contributed by atoms with Crippen LogP contribution >= 0.6 is 0 Å². The number of esters is 1. The van der Waals surface area contributed by atoms with Gasteiger partial charge in [0.15, 0.2) is 0 Å². The maximum Gasteiger partial charge on any atom is 0.340 e. The zero-order chi connectivity index (χ0) is 15.2. The summed E-state index contributed by atoms with van der Waals surface area (Å²) in [5.74, 6) is 0.535.